The first-order valence-corrected chi connectivity index (χ1v) is 8.66. The van der Waals surface area contributed by atoms with Crippen molar-refractivity contribution in [2.24, 2.45) is 5.73 Å². The number of anilines is 1. The number of hydrogen-bond acceptors (Lipinski definition) is 3. The van der Waals surface area contributed by atoms with E-state index in [0.29, 0.717) is 28.9 Å². The molecule has 1 unspecified atom stereocenters. The molecule has 1 atom stereocenters. The lowest BCUT2D eigenvalue weighted by Gasteiger charge is -2.34. The molecule has 0 bridgehead atoms. The fourth-order valence-corrected chi connectivity index (χ4v) is 4.21. The topological polar surface area (TPSA) is 97.4 Å². The first-order valence-electron chi connectivity index (χ1n) is 8.66. The Bertz CT molecular complexity index is 1150. The Morgan fingerprint density at radius 3 is 2.63 bits per heavy atom. The number of fused-ring (bicyclic) bond motifs is 7. The number of aromatic nitrogens is 1. The molecule has 1 aromatic heterocycles. The highest BCUT2D eigenvalue weighted by Gasteiger charge is 2.43. The van der Waals surface area contributed by atoms with Crippen molar-refractivity contribution in [3.63, 3.8) is 0 Å². The van der Waals surface area contributed by atoms with Crippen LogP contribution in [0.4, 0.5) is 5.69 Å². The van der Waals surface area contributed by atoms with E-state index in [9.17, 15) is 14.4 Å². The maximum absolute atomic E-state index is 12.9. The molecule has 2 aliphatic heterocycles. The van der Waals surface area contributed by atoms with Crippen LogP contribution in [0.5, 0.6) is 0 Å². The van der Waals surface area contributed by atoms with Crippen LogP contribution in [0.1, 0.15) is 27.7 Å². The molecule has 3 heterocycles. The average Bonchev–Trinajstić information content (AvgIpc) is 2.89. The zero-order valence-electron chi connectivity index (χ0n) is 14.3. The van der Waals surface area contributed by atoms with Gasteiger partial charge in [-0.25, -0.2) is 0 Å². The fourth-order valence-electron chi connectivity index (χ4n) is 4.21. The summed E-state index contributed by atoms with van der Waals surface area (Å²) in [6, 6.07) is 14.0. The molecule has 0 radical (unpaired) electrons. The van der Waals surface area contributed by atoms with Crippen molar-refractivity contribution in [2.75, 3.05) is 11.4 Å². The van der Waals surface area contributed by atoms with E-state index < -0.39 is 11.9 Å². The number of nitrogens with zero attached hydrogens (tertiary/aromatic N) is 2. The van der Waals surface area contributed by atoms with E-state index in [0.717, 1.165) is 11.1 Å². The van der Waals surface area contributed by atoms with Gasteiger partial charge in [0.05, 0.1) is 30.0 Å². The summed E-state index contributed by atoms with van der Waals surface area (Å²) in [6.07, 6.45) is 0. The molecule has 0 aliphatic carbocycles. The van der Waals surface area contributed by atoms with Gasteiger partial charge in [0.25, 0.3) is 5.91 Å². The van der Waals surface area contributed by atoms with Crippen LogP contribution in [0.25, 0.3) is 10.9 Å². The minimum atomic E-state index is -0.940. The smallest absolute Gasteiger partial charge is 0.251 e. The second kappa shape index (κ2) is 5.44. The molecule has 3 N–H and O–H groups in total. The highest BCUT2D eigenvalue weighted by molar-refractivity contribution is 6.13. The molecule has 7 heteroatoms. The Morgan fingerprint density at radius 1 is 1.07 bits per heavy atom. The zero-order chi connectivity index (χ0) is 18.7. The van der Waals surface area contributed by atoms with E-state index >= 15 is 0 Å². The monoisotopic (exact) mass is 360 g/mol. The van der Waals surface area contributed by atoms with Gasteiger partial charge in [-0.3, -0.25) is 19.3 Å². The highest BCUT2D eigenvalue weighted by Crippen LogP contribution is 2.41. The van der Waals surface area contributed by atoms with Crippen LogP contribution >= 0.6 is 0 Å². The maximum atomic E-state index is 12.9. The van der Waals surface area contributed by atoms with Gasteiger partial charge in [0, 0.05) is 10.9 Å². The lowest BCUT2D eigenvalue weighted by molar-refractivity contribution is -0.131. The number of carbonyl (C=O) groups is 3. The number of nitrogens with two attached hydrogens (primary N) is 1. The number of rotatable bonds is 1. The number of piperazine rings is 1. The van der Waals surface area contributed by atoms with Crippen LogP contribution in [-0.4, -0.2) is 28.8 Å². The maximum Gasteiger partial charge on any atom is 0.251 e. The van der Waals surface area contributed by atoms with Crippen molar-refractivity contribution in [2.45, 2.75) is 12.6 Å². The molecular formula is C20H16N4O3. The van der Waals surface area contributed by atoms with Crippen molar-refractivity contribution in [3.8, 4) is 0 Å². The van der Waals surface area contributed by atoms with Gasteiger partial charge >= 0.3 is 0 Å². The van der Waals surface area contributed by atoms with Crippen LogP contribution < -0.4 is 16.0 Å². The third-order valence-corrected chi connectivity index (χ3v) is 5.29. The molecular weight excluding hydrogens is 344 g/mol. The summed E-state index contributed by atoms with van der Waals surface area (Å²) >= 11 is 0. The summed E-state index contributed by atoms with van der Waals surface area (Å²) in [6.45, 7) is 0.364. The van der Waals surface area contributed by atoms with E-state index in [4.69, 9.17) is 5.73 Å². The molecule has 134 valence electrons. The minimum absolute atomic E-state index is 0.0736. The third kappa shape index (κ3) is 2.05. The lowest BCUT2D eigenvalue weighted by Crippen LogP contribution is -2.54. The van der Waals surface area contributed by atoms with Crippen LogP contribution in [0, 0.1) is 0 Å². The quantitative estimate of drug-likeness (QED) is 0.685. The molecule has 1 saturated heterocycles. The molecule has 0 spiro atoms. The number of benzene rings is 2. The molecule has 7 nitrogen and oxygen atoms in total. The Balaban J connectivity index is 1.93. The Morgan fingerprint density at radius 2 is 1.81 bits per heavy atom. The van der Waals surface area contributed by atoms with Gasteiger partial charge in [0.2, 0.25) is 11.8 Å². The normalized spacial score (nSPS) is 18.4. The van der Waals surface area contributed by atoms with Crippen molar-refractivity contribution >= 4 is 34.3 Å². The highest BCUT2D eigenvalue weighted by atomic mass is 16.2. The number of primary amides is 1. The Kier molecular flexibility index (Phi) is 3.15. The van der Waals surface area contributed by atoms with Gasteiger partial charge < -0.3 is 15.6 Å². The predicted molar refractivity (Wildman–Crippen MR) is 99.2 cm³/mol. The van der Waals surface area contributed by atoms with E-state index in [-0.39, 0.29) is 18.4 Å². The van der Waals surface area contributed by atoms with E-state index in [1.54, 1.807) is 0 Å². The third-order valence-electron chi connectivity index (χ3n) is 5.29. The second-order valence-electron chi connectivity index (χ2n) is 6.74. The molecule has 0 saturated carbocycles. The largest absolute Gasteiger partial charge is 0.366 e. The summed E-state index contributed by atoms with van der Waals surface area (Å²) in [5, 5.41) is 3.33. The van der Waals surface area contributed by atoms with Crippen molar-refractivity contribution < 1.29 is 14.4 Å². The standard InChI is InChI=1S/C20H16N4O3/c21-19(26)16-12-6-2-4-8-14(12)23-10-11-5-1-3-7-13(11)24-15(25)9-22-20(27)18(24)17(16)23/h1-8,18H,9-10H2,(H2,21,26)(H,22,27). The number of carbonyl (C=O) groups excluding carboxylic acids is 3. The van der Waals surface area contributed by atoms with Gasteiger partial charge in [0.1, 0.15) is 0 Å². The molecule has 2 aromatic carbocycles. The number of para-hydroxylation sites is 2. The average molecular weight is 360 g/mol. The number of amides is 3. The van der Waals surface area contributed by atoms with Crippen LogP contribution in [0.2, 0.25) is 0 Å². The summed E-state index contributed by atoms with van der Waals surface area (Å²) < 4.78 is 1.93. The van der Waals surface area contributed by atoms with E-state index in [1.165, 1.54) is 4.90 Å². The molecule has 2 aliphatic rings. The Labute approximate surface area is 154 Å². The van der Waals surface area contributed by atoms with Crippen LogP contribution in [0.15, 0.2) is 48.5 Å². The first-order chi connectivity index (χ1) is 13.1. The van der Waals surface area contributed by atoms with Gasteiger partial charge in [-0.2, -0.15) is 0 Å². The van der Waals surface area contributed by atoms with Crippen LogP contribution in [0.3, 0.4) is 0 Å². The zero-order valence-corrected chi connectivity index (χ0v) is 14.3. The molecule has 1 fully saturated rings. The SMILES string of the molecule is NC(=O)c1c2n(c3ccccc13)Cc1ccccc1N1C(=O)CNC(=O)C21. The van der Waals surface area contributed by atoms with E-state index in [2.05, 4.69) is 5.32 Å². The molecule has 3 aromatic rings. The van der Waals surface area contributed by atoms with Gasteiger partial charge in [-0.15, -0.1) is 0 Å². The van der Waals surface area contributed by atoms with Crippen molar-refractivity contribution in [1.29, 1.82) is 0 Å². The summed E-state index contributed by atoms with van der Waals surface area (Å²) in [5.41, 5.74) is 8.87. The van der Waals surface area contributed by atoms with Crippen molar-refractivity contribution in [1.82, 2.24) is 9.88 Å². The van der Waals surface area contributed by atoms with Crippen LogP contribution in [-0.2, 0) is 16.1 Å². The predicted octanol–water partition coefficient (Wildman–Crippen LogP) is 1.31. The van der Waals surface area contributed by atoms with E-state index in [1.807, 2.05) is 53.1 Å². The summed E-state index contributed by atoms with van der Waals surface area (Å²) in [7, 11) is 0. The molecule has 27 heavy (non-hydrogen) atoms. The number of hydrogen-bond donors (Lipinski definition) is 2. The Hall–Kier alpha value is -3.61. The lowest BCUT2D eigenvalue weighted by atomic mass is 10.0. The molecule has 5 rings (SSSR count). The second-order valence-corrected chi connectivity index (χ2v) is 6.74. The van der Waals surface area contributed by atoms with Gasteiger partial charge in [-0.05, 0) is 17.7 Å². The first kappa shape index (κ1) is 15.6. The van der Waals surface area contributed by atoms with Crippen molar-refractivity contribution in [3.05, 3.63) is 65.4 Å². The number of nitrogens with one attached hydrogen (secondary N) is 1. The summed E-state index contributed by atoms with van der Waals surface area (Å²) in [5.74, 6) is -1.16. The minimum Gasteiger partial charge on any atom is -0.366 e. The fraction of sp³-hybridized carbons (Fsp3) is 0.150. The van der Waals surface area contributed by atoms with Gasteiger partial charge in [-0.1, -0.05) is 36.4 Å². The molecule has 3 amide bonds. The van der Waals surface area contributed by atoms with Gasteiger partial charge in [0.15, 0.2) is 6.04 Å². The summed E-state index contributed by atoms with van der Waals surface area (Å²) in [4.78, 5) is 39.5.